The van der Waals surface area contributed by atoms with Gasteiger partial charge < -0.3 is 0 Å². The topological polar surface area (TPSA) is 46.4 Å². The Labute approximate surface area is 135 Å². The summed E-state index contributed by atoms with van der Waals surface area (Å²) >= 11 is 0. The SMILES string of the molecule is O=[N+]([O-])c1ccc(CN2CCCC2C#Cc2ccccc2)cc1. The number of non-ortho nitro benzene ring substituents is 1. The molecule has 1 fully saturated rings. The predicted molar refractivity (Wildman–Crippen MR) is 89.8 cm³/mol. The van der Waals surface area contributed by atoms with Gasteiger partial charge in [-0.05, 0) is 37.1 Å². The van der Waals surface area contributed by atoms with E-state index in [2.05, 4.69) is 16.7 Å². The van der Waals surface area contributed by atoms with Crippen LogP contribution in [0.1, 0.15) is 24.0 Å². The molecule has 4 heteroatoms. The van der Waals surface area contributed by atoms with Crippen LogP contribution in [0.15, 0.2) is 54.6 Å². The minimum Gasteiger partial charge on any atom is -0.285 e. The van der Waals surface area contributed by atoms with E-state index in [4.69, 9.17) is 0 Å². The molecular weight excluding hydrogens is 288 g/mol. The van der Waals surface area contributed by atoms with E-state index in [1.54, 1.807) is 12.1 Å². The molecule has 1 heterocycles. The van der Waals surface area contributed by atoms with Gasteiger partial charge in [-0.2, -0.15) is 0 Å². The normalized spacial score (nSPS) is 17.5. The summed E-state index contributed by atoms with van der Waals surface area (Å²) in [6, 6.07) is 17.1. The first-order chi connectivity index (χ1) is 11.2. The lowest BCUT2D eigenvalue weighted by Gasteiger charge is -2.20. The van der Waals surface area contributed by atoms with Gasteiger partial charge in [-0.1, -0.05) is 42.2 Å². The van der Waals surface area contributed by atoms with Gasteiger partial charge in [0.2, 0.25) is 0 Å². The number of nitro benzene ring substituents is 1. The number of hydrogen-bond donors (Lipinski definition) is 0. The molecule has 0 aliphatic carbocycles. The highest BCUT2D eigenvalue weighted by Gasteiger charge is 2.22. The van der Waals surface area contributed by atoms with Gasteiger partial charge in [0.15, 0.2) is 0 Å². The lowest BCUT2D eigenvalue weighted by Crippen LogP contribution is -2.27. The molecule has 1 aliphatic rings. The van der Waals surface area contributed by atoms with Crippen molar-refractivity contribution in [3.8, 4) is 11.8 Å². The van der Waals surface area contributed by atoms with E-state index in [1.807, 2.05) is 42.5 Å². The average molecular weight is 306 g/mol. The molecule has 23 heavy (non-hydrogen) atoms. The summed E-state index contributed by atoms with van der Waals surface area (Å²) in [6.07, 6.45) is 2.22. The Morgan fingerprint density at radius 2 is 1.87 bits per heavy atom. The molecule has 4 nitrogen and oxygen atoms in total. The van der Waals surface area contributed by atoms with Crippen LogP contribution in [-0.2, 0) is 6.54 Å². The molecule has 116 valence electrons. The molecule has 1 atom stereocenters. The van der Waals surface area contributed by atoms with Crippen molar-refractivity contribution in [3.63, 3.8) is 0 Å². The van der Waals surface area contributed by atoms with Crippen LogP contribution < -0.4 is 0 Å². The first kappa shape index (κ1) is 15.3. The number of nitro groups is 1. The van der Waals surface area contributed by atoms with Crippen molar-refractivity contribution in [3.05, 3.63) is 75.8 Å². The highest BCUT2D eigenvalue weighted by Crippen LogP contribution is 2.21. The van der Waals surface area contributed by atoms with Crippen molar-refractivity contribution in [2.45, 2.75) is 25.4 Å². The van der Waals surface area contributed by atoms with Gasteiger partial charge in [-0.25, -0.2) is 0 Å². The van der Waals surface area contributed by atoms with Gasteiger partial charge in [0.25, 0.3) is 5.69 Å². The summed E-state index contributed by atoms with van der Waals surface area (Å²) in [4.78, 5) is 12.7. The van der Waals surface area contributed by atoms with Gasteiger partial charge in [0, 0.05) is 24.2 Å². The maximum absolute atomic E-state index is 10.7. The minimum atomic E-state index is -0.367. The molecule has 3 rings (SSSR count). The van der Waals surface area contributed by atoms with E-state index in [-0.39, 0.29) is 16.7 Å². The summed E-state index contributed by atoms with van der Waals surface area (Å²) in [6.45, 7) is 1.80. The Bertz CT molecular complexity index is 729. The Balaban J connectivity index is 1.67. The second kappa shape index (κ2) is 7.08. The van der Waals surface area contributed by atoms with Crippen LogP contribution >= 0.6 is 0 Å². The van der Waals surface area contributed by atoms with Crippen LogP contribution in [0.25, 0.3) is 0 Å². The first-order valence-electron chi connectivity index (χ1n) is 7.76. The van der Waals surface area contributed by atoms with Gasteiger partial charge in [0.05, 0.1) is 11.0 Å². The zero-order chi connectivity index (χ0) is 16.1. The summed E-state index contributed by atoms with van der Waals surface area (Å²) in [5.74, 6) is 6.61. The van der Waals surface area contributed by atoms with Crippen molar-refractivity contribution in [1.29, 1.82) is 0 Å². The molecule has 2 aromatic carbocycles. The summed E-state index contributed by atoms with van der Waals surface area (Å²) in [7, 11) is 0. The molecule has 1 saturated heterocycles. The van der Waals surface area contributed by atoms with Crippen LogP contribution in [0.2, 0.25) is 0 Å². The van der Waals surface area contributed by atoms with Crippen molar-refractivity contribution >= 4 is 5.69 Å². The van der Waals surface area contributed by atoms with Crippen molar-refractivity contribution in [1.82, 2.24) is 4.90 Å². The van der Waals surface area contributed by atoms with E-state index in [9.17, 15) is 10.1 Å². The molecule has 0 N–H and O–H groups in total. The fourth-order valence-electron chi connectivity index (χ4n) is 2.82. The average Bonchev–Trinajstić information content (AvgIpc) is 3.01. The van der Waals surface area contributed by atoms with E-state index in [0.29, 0.717) is 0 Å². The highest BCUT2D eigenvalue weighted by molar-refractivity contribution is 5.35. The summed E-state index contributed by atoms with van der Waals surface area (Å²) < 4.78 is 0. The van der Waals surface area contributed by atoms with Crippen LogP contribution in [0.4, 0.5) is 5.69 Å². The van der Waals surface area contributed by atoms with Crippen molar-refractivity contribution in [2.75, 3.05) is 6.54 Å². The van der Waals surface area contributed by atoms with E-state index >= 15 is 0 Å². The Kier molecular flexibility index (Phi) is 4.70. The van der Waals surface area contributed by atoms with Crippen molar-refractivity contribution in [2.24, 2.45) is 0 Å². The standard InChI is InChI=1S/C19H18N2O2/c22-21(23)19-12-9-17(10-13-19)15-20-14-4-7-18(20)11-8-16-5-2-1-3-6-16/h1-3,5-6,9-10,12-13,18H,4,7,14-15H2. The number of benzene rings is 2. The molecular formula is C19H18N2O2. The molecule has 0 amide bonds. The van der Waals surface area contributed by atoms with E-state index in [1.165, 1.54) is 0 Å². The van der Waals surface area contributed by atoms with Crippen LogP contribution in [0.5, 0.6) is 0 Å². The molecule has 2 aromatic rings. The van der Waals surface area contributed by atoms with E-state index in [0.717, 1.165) is 37.1 Å². The molecule has 0 saturated carbocycles. The van der Waals surface area contributed by atoms with Crippen LogP contribution in [-0.4, -0.2) is 22.4 Å². The molecule has 0 spiro atoms. The molecule has 0 radical (unpaired) electrons. The first-order valence-corrected chi connectivity index (χ1v) is 7.76. The second-order valence-corrected chi connectivity index (χ2v) is 5.69. The number of nitrogens with zero attached hydrogens (tertiary/aromatic N) is 2. The van der Waals surface area contributed by atoms with Gasteiger partial charge in [0.1, 0.15) is 0 Å². The fraction of sp³-hybridized carbons (Fsp3) is 0.263. The Hall–Kier alpha value is -2.64. The third-order valence-electron chi connectivity index (χ3n) is 4.05. The number of likely N-dealkylation sites (tertiary alicyclic amines) is 1. The van der Waals surface area contributed by atoms with Crippen LogP contribution in [0, 0.1) is 22.0 Å². The van der Waals surface area contributed by atoms with Crippen molar-refractivity contribution < 1.29 is 4.92 Å². The maximum Gasteiger partial charge on any atom is 0.269 e. The number of rotatable bonds is 3. The minimum absolute atomic E-state index is 0.135. The van der Waals surface area contributed by atoms with Gasteiger partial charge >= 0.3 is 0 Å². The fourth-order valence-corrected chi connectivity index (χ4v) is 2.82. The highest BCUT2D eigenvalue weighted by atomic mass is 16.6. The zero-order valence-electron chi connectivity index (χ0n) is 12.8. The molecule has 1 unspecified atom stereocenters. The molecule has 1 aliphatic heterocycles. The maximum atomic E-state index is 10.7. The predicted octanol–water partition coefficient (Wildman–Crippen LogP) is 3.61. The van der Waals surface area contributed by atoms with E-state index < -0.39 is 0 Å². The smallest absolute Gasteiger partial charge is 0.269 e. The quantitative estimate of drug-likeness (QED) is 0.494. The monoisotopic (exact) mass is 306 g/mol. The molecule has 0 bridgehead atoms. The lowest BCUT2D eigenvalue weighted by atomic mass is 10.1. The summed E-state index contributed by atoms with van der Waals surface area (Å²) in [5, 5.41) is 10.7. The number of hydrogen-bond acceptors (Lipinski definition) is 3. The largest absolute Gasteiger partial charge is 0.285 e. The third kappa shape index (κ3) is 3.97. The second-order valence-electron chi connectivity index (χ2n) is 5.69. The third-order valence-corrected chi connectivity index (χ3v) is 4.05. The Morgan fingerprint density at radius 3 is 2.57 bits per heavy atom. The van der Waals surface area contributed by atoms with Gasteiger partial charge in [-0.15, -0.1) is 0 Å². The zero-order valence-corrected chi connectivity index (χ0v) is 12.8. The lowest BCUT2D eigenvalue weighted by molar-refractivity contribution is -0.384. The Morgan fingerprint density at radius 1 is 1.13 bits per heavy atom. The molecule has 0 aromatic heterocycles. The van der Waals surface area contributed by atoms with Gasteiger partial charge in [-0.3, -0.25) is 15.0 Å². The van der Waals surface area contributed by atoms with Crippen LogP contribution in [0.3, 0.4) is 0 Å². The summed E-state index contributed by atoms with van der Waals surface area (Å²) in [5.41, 5.74) is 2.26.